The van der Waals surface area contributed by atoms with Gasteiger partial charge in [0, 0.05) is 17.3 Å². The molecule has 0 fully saturated rings. The van der Waals surface area contributed by atoms with Crippen LogP contribution in [0.4, 0.5) is 4.39 Å². The molecule has 0 radical (unpaired) electrons. The summed E-state index contributed by atoms with van der Waals surface area (Å²) in [5.41, 5.74) is 0.866. The Morgan fingerprint density at radius 2 is 2.26 bits per heavy atom. The van der Waals surface area contributed by atoms with Crippen molar-refractivity contribution in [2.45, 2.75) is 6.92 Å². The van der Waals surface area contributed by atoms with Gasteiger partial charge in [-0.3, -0.25) is 4.79 Å². The molecule has 4 nitrogen and oxygen atoms in total. The molecule has 19 heavy (non-hydrogen) atoms. The minimum absolute atomic E-state index is 0.0944. The number of hydrogen-bond acceptors (Lipinski definition) is 4. The first-order valence-corrected chi connectivity index (χ1v) is 5.44. The maximum absolute atomic E-state index is 13.4. The van der Waals surface area contributed by atoms with Gasteiger partial charge < -0.3 is 4.74 Å². The highest BCUT2D eigenvalue weighted by Gasteiger charge is 2.12. The van der Waals surface area contributed by atoms with Crippen LogP contribution in [-0.4, -0.2) is 11.3 Å². The van der Waals surface area contributed by atoms with E-state index in [0.717, 1.165) is 0 Å². The highest BCUT2D eigenvalue weighted by atomic mass is 19.1. The minimum atomic E-state index is -0.651. The zero-order valence-electron chi connectivity index (χ0n) is 10.1. The van der Waals surface area contributed by atoms with Crippen LogP contribution >= 0.6 is 0 Å². The van der Waals surface area contributed by atoms with Crippen molar-refractivity contribution >= 4 is 6.29 Å². The molecule has 0 atom stereocenters. The first kappa shape index (κ1) is 12.7. The van der Waals surface area contributed by atoms with Crippen molar-refractivity contribution in [1.82, 2.24) is 4.98 Å². The van der Waals surface area contributed by atoms with Crippen molar-refractivity contribution in [3.05, 3.63) is 53.0 Å². The van der Waals surface area contributed by atoms with Gasteiger partial charge in [-0.1, -0.05) is 6.07 Å². The van der Waals surface area contributed by atoms with Crippen molar-refractivity contribution in [3.8, 4) is 17.7 Å². The second-order valence-corrected chi connectivity index (χ2v) is 3.84. The fourth-order valence-electron chi connectivity index (χ4n) is 1.56. The largest absolute Gasteiger partial charge is 0.437 e. The van der Waals surface area contributed by atoms with Gasteiger partial charge in [0.15, 0.2) is 6.29 Å². The normalized spacial score (nSPS) is 9.74. The Labute approximate surface area is 109 Å². The van der Waals surface area contributed by atoms with E-state index in [1.54, 1.807) is 19.1 Å². The molecule has 0 bridgehead atoms. The molecule has 0 unspecified atom stereocenters. The van der Waals surface area contributed by atoms with Crippen molar-refractivity contribution in [2.24, 2.45) is 0 Å². The Morgan fingerprint density at radius 3 is 2.89 bits per heavy atom. The maximum Gasteiger partial charge on any atom is 0.222 e. The van der Waals surface area contributed by atoms with Crippen LogP contribution in [0.2, 0.25) is 0 Å². The topological polar surface area (TPSA) is 63.0 Å². The van der Waals surface area contributed by atoms with E-state index < -0.39 is 5.82 Å². The predicted octanol–water partition coefficient (Wildman–Crippen LogP) is 3.01. The van der Waals surface area contributed by atoms with Gasteiger partial charge in [0.2, 0.25) is 5.88 Å². The standard InChI is InChI=1S/C14H9FN2O2/c1-9-5-10(8-18)7-17-14(9)19-13-4-2-3-12(15)11(13)6-16/h2-5,7-8H,1H3. The molecular formula is C14H9FN2O2. The number of ether oxygens (including phenoxy) is 1. The SMILES string of the molecule is Cc1cc(C=O)cnc1Oc1cccc(F)c1C#N. The Hall–Kier alpha value is -2.74. The molecule has 0 saturated carbocycles. The number of rotatable bonds is 3. The van der Waals surface area contributed by atoms with Gasteiger partial charge in [0.1, 0.15) is 23.2 Å². The maximum atomic E-state index is 13.4. The molecule has 0 amide bonds. The van der Waals surface area contributed by atoms with Gasteiger partial charge >= 0.3 is 0 Å². The third-order valence-electron chi connectivity index (χ3n) is 2.48. The third kappa shape index (κ3) is 2.58. The zero-order chi connectivity index (χ0) is 13.8. The third-order valence-corrected chi connectivity index (χ3v) is 2.48. The Bertz CT molecular complexity index is 678. The van der Waals surface area contributed by atoms with E-state index in [1.807, 2.05) is 0 Å². The van der Waals surface area contributed by atoms with E-state index in [-0.39, 0.29) is 17.2 Å². The Balaban J connectivity index is 2.40. The lowest BCUT2D eigenvalue weighted by Crippen LogP contribution is -1.96. The number of benzene rings is 1. The lowest BCUT2D eigenvalue weighted by molar-refractivity contribution is 0.112. The summed E-state index contributed by atoms with van der Waals surface area (Å²) in [5, 5.41) is 8.89. The number of hydrogen-bond donors (Lipinski definition) is 0. The van der Waals surface area contributed by atoms with Crippen LogP contribution in [0.3, 0.4) is 0 Å². The minimum Gasteiger partial charge on any atom is -0.437 e. The second-order valence-electron chi connectivity index (χ2n) is 3.84. The van der Waals surface area contributed by atoms with Crippen LogP contribution in [0.1, 0.15) is 21.5 Å². The van der Waals surface area contributed by atoms with Crippen LogP contribution in [-0.2, 0) is 0 Å². The van der Waals surface area contributed by atoms with Crippen molar-refractivity contribution in [1.29, 1.82) is 5.26 Å². The number of aryl methyl sites for hydroxylation is 1. The van der Waals surface area contributed by atoms with Gasteiger partial charge in [-0.25, -0.2) is 9.37 Å². The summed E-state index contributed by atoms with van der Waals surface area (Å²) in [6.45, 7) is 1.71. The van der Waals surface area contributed by atoms with Crippen LogP contribution in [0.15, 0.2) is 30.5 Å². The van der Waals surface area contributed by atoms with E-state index in [0.29, 0.717) is 17.4 Å². The highest BCUT2D eigenvalue weighted by molar-refractivity contribution is 5.74. The van der Waals surface area contributed by atoms with E-state index in [2.05, 4.69) is 4.98 Å². The van der Waals surface area contributed by atoms with Crippen LogP contribution in [0.25, 0.3) is 0 Å². The number of nitrogens with zero attached hydrogens (tertiary/aromatic N) is 2. The number of aldehydes is 1. The number of aromatic nitrogens is 1. The zero-order valence-corrected chi connectivity index (χ0v) is 10.1. The highest BCUT2D eigenvalue weighted by Crippen LogP contribution is 2.27. The van der Waals surface area contributed by atoms with Crippen molar-refractivity contribution in [3.63, 3.8) is 0 Å². The van der Waals surface area contributed by atoms with Gasteiger partial charge in [0.25, 0.3) is 0 Å². The molecule has 2 aromatic rings. The summed E-state index contributed by atoms with van der Waals surface area (Å²) in [6, 6.07) is 7.45. The molecule has 94 valence electrons. The van der Waals surface area contributed by atoms with E-state index in [4.69, 9.17) is 10.00 Å². The molecule has 1 heterocycles. The monoisotopic (exact) mass is 256 g/mol. The fourth-order valence-corrected chi connectivity index (χ4v) is 1.56. The van der Waals surface area contributed by atoms with Gasteiger partial charge in [-0.05, 0) is 25.1 Å². The summed E-state index contributed by atoms with van der Waals surface area (Å²) >= 11 is 0. The molecule has 5 heteroatoms. The lowest BCUT2D eigenvalue weighted by atomic mass is 10.2. The molecule has 0 N–H and O–H groups in total. The Kier molecular flexibility index (Phi) is 3.53. The van der Waals surface area contributed by atoms with Gasteiger partial charge in [0.05, 0.1) is 0 Å². The summed E-state index contributed by atoms with van der Waals surface area (Å²) < 4.78 is 18.8. The molecule has 0 aliphatic rings. The number of carbonyl (C=O) groups excluding carboxylic acids is 1. The van der Waals surface area contributed by atoms with Crippen LogP contribution in [0.5, 0.6) is 11.6 Å². The predicted molar refractivity (Wildman–Crippen MR) is 65.6 cm³/mol. The number of nitriles is 1. The van der Waals surface area contributed by atoms with Crippen molar-refractivity contribution in [2.75, 3.05) is 0 Å². The molecule has 2 rings (SSSR count). The second kappa shape index (κ2) is 5.27. The molecular weight excluding hydrogens is 247 g/mol. The van der Waals surface area contributed by atoms with Crippen molar-refractivity contribution < 1.29 is 13.9 Å². The van der Waals surface area contributed by atoms with E-state index in [9.17, 15) is 9.18 Å². The smallest absolute Gasteiger partial charge is 0.222 e. The first-order chi connectivity index (χ1) is 9.15. The van der Waals surface area contributed by atoms with Crippen LogP contribution < -0.4 is 4.74 Å². The Morgan fingerprint density at radius 1 is 1.47 bits per heavy atom. The summed E-state index contributed by atoms with van der Waals surface area (Å²) in [4.78, 5) is 14.6. The number of carbonyl (C=O) groups is 1. The van der Waals surface area contributed by atoms with E-state index in [1.165, 1.54) is 24.4 Å². The number of pyridine rings is 1. The molecule has 0 spiro atoms. The number of halogens is 1. The molecule has 1 aromatic heterocycles. The van der Waals surface area contributed by atoms with Gasteiger partial charge in [-0.15, -0.1) is 0 Å². The van der Waals surface area contributed by atoms with E-state index >= 15 is 0 Å². The lowest BCUT2D eigenvalue weighted by Gasteiger charge is -2.09. The fraction of sp³-hybridized carbons (Fsp3) is 0.0714. The molecule has 0 aliphatic heterocycles. The molecule has 0 saturated heterocycles. The average Bonchev–Trinajstić information content (AvgIpc) is 2.41. The summed E-state index contributed by atoms with van der Waals surface area (Å²) in [5.74, 6) is -0.327. The first-order valence-electron chi connectivity index (χ1n) is 5.44. The quantitative estimate of drug-likeness (QED) is 0.792. The average molecular weight is 256 g/mol. The summed E-state index contributed by atoms with van der Waals surface area (Å²) in [6.07, 6.45) is 2.02. The molecule has 0 aliphatic carbocycles. The summed E-state index contributed by atoms with van der Waals surface area (Å²) in [7, 11) is 0. The van der Waals surface area contributed by atoms with Gasteiger partial charge in [-0.2, -0.15) is 5.26 Å². The van der Waals surface area contributed by atoms with Crippen LogP contribution in [0, 0.1) is 24.1 Å². The molecule has 1 aromatic carbocycles.